The molecule has 88 valence electrons. The van der Waals surface area contributed by atoms with E-state index in [1.54, 1.807) is 6.07 Å². The summed E-state index contributed by atoms with van der Waals surface area (Å²) in [5, 5.41) is 14.8. The van der Waals surface area contributed by atoms with Gasteiger partial charge in [0.05, 0.1) is 6.54 Å². The van der Waals surface area contributed by atoms with Crippen molar-refractivity contribution >= 4 is 11.3 Å². The lowest BCUT2D eigenvalue weighted by atomic mass is 10.3. The summed E-state index contributed by atoms with van der Waals surface area (Å²) in [7, 11) is 0. The maximum atomic E-state index is 11.2. The second kappa shape index (κ2) is 4.86. The van der Waals surface area contributed by atoms with Crippen LogP contribution in [0.4, 0.5) is 0 Å². The molecule has 0 radical (unpaired) electrons. The Morgan fingerprint density at radius 1 is 1.35 bits per heavy atom. The fourth-order valence-corrected chi connectivity index (χ4v) is 2.11. The van der Waals surface area contributed by atoms with Crippen molar-refractivity contribution in [2.75, 3.05) is 6.61 Å². The fourth-order valence-electron chi connectivity index (χ4n) is 1.30. The molecule has 2 heterocycles. The summed E-state index contributed by atoms with van der Waals surface area (Å²) in [6.45, 7) is 0.0191. The van der Waals surface area contributed by atoms with Crippen molar-refractivity contribution in [1.82, 2.24) is 14.8 Å². The molecule has 0 aliphatic carbocycles. The summed E-state index contributed by atoms with van der Waals surface area (Å²) in [5.41, 5.74) is -0.170. The molecule has 2 aromatic heterocycles. The lowest BCUT2D eigenvalue weighted by Gasteiger charge is -1.93. The number of nitrogens with one attached hydrogen (secondary N) is 2. The van der Waals surface area contributed by atoms with Crippen molar-refractivity contribution in [2.24, 2.45) is 0 Å². The van der Waals surface area contributed by atoms with E-state index in [9.17, 15) is 9.59 Å². The highest BCUT2D eigenvalue weighted by Gasteiger charge is 2.05. The Labute approximate surface area is 99.5 Å². The molecule has 6 nitrogen and oxygen atoms in total. The van der Waals surface area contributed by atoms with Crippen molar-refractivity contribution in [1.29, 1.82) is 0 Å². The predicted molar refractivity (Wildman–Crippen MR) is 63.1 cm³/mol. The largest absolute Gasteiger partial charge is 0.384 e. The lowest BCUT2D eigenvalue weighted by molar-refractivity contribution is 0.350. The minimum absolute atomic E-state index is 0.192. The van der Waals surface area contributed by atoms with Crippen molar-refractivity contribution in [3.63, 3.8) is 0 Å². The zero-order valence-electron chi connectivity index (χ0n) is 8.69. The molecule has 0 fully saturated rings. The Morgan fingerprint density at radius 2 is 2.06 bits per heavy atom. The van der Waals surface area contributed by atoms with Crippen LogP contribution in [0.1, 0.15) is 10.4 Å². The van der Waals surface area contributed by atoms with E-state index in [0.29, 0.717) is 0 Å². The first-order chi connectivity index (χ1) is 8.20. The Kier molecular flexibility index (Phi) is 3.27. The number of aromatic nitrogens is 3. The second-order valence-corrected chi connectivity index (χ2v) is 4.20. The smallest absolute Gasteiger partial charge is 0.344 e. The summed E-state index contributed by atoms with van der Waals surface area (Å²) >= 11 is 1.41. The van der Waals surface area contributed by atoms with Crippen LogP contribution in [0.5, 0.6) is 0 Å². The minimum Gasteiger partial charge on any atom is -0.384 e. The van der Waals surface area contributed by atoms with Gasteiger partial charge in [-0.1, -0.05) is 11.8 Å². The van der Waals surface area contributed by atoms with Crippen molar-refractivity contribution < 1.29 is 5.11 Å². The molecule has 17 heavy (non-hydrogen) atoms. The number of rotatable bonds is 2. The van der Waals surface area contributed by atoms with E-state index >= 15 is 0 Å². The van der Waals surface area contributed by atoms with Gasteiger partial charge in [0.1, 0.15) is 6.61 Å². The molecule has 0 atom stereocenters. The summed E-state index contributed by atoms with van der Waals surface area (Å²) in [5.74, 6) is 5.28. The first-order valence-electron chi connectivity index (χ1n) is 4.75. The molecule has 7 heteroatoms. The zero-order chi connectivity index (χ0) is 12.3. The normalized spacial score (nSPS) is 9.94. The van der Waals surface area contributed by atoms with Crippen LogP contribution in [-0.2, 0) is 6.54 Å². The van der Waals surface area contributed by atoms with Crippen LogP contribution in [0.3, 0.4) is 0 Å². The number of thiophene rings is 1. The molecule has 0 saturated heterocycles. The van der Waals surface area contributed by atoms with E-state index < -0.39 is 11.4 Å². The van der Waals surface area contributed by atoms with E-state index in [2.05, 4.69) is 22.0 Å². The number of H-pyrrole nitrogens is 2. The standard InChI is InChI=1S/C10H9N3O3S/c14-3-1-2-7-4-8(17-6-7)5-13-9(15)11-12-10(13)16/h4,6,14H,3,5H2,(H,11,15)(H,12,16). The highest BCUT2D eigenvalue weighted by molar-refractivity contribution is 7.10. The number of hydrogen-bond acceptors (Lipinski definition) is 4. The first kappa shape index (κ1) is 11.4. The van der Waals surface area contributed by atoms with E-state index in [-0.39, 0.29) is 13.2 Å². The molecule has 0 spiro atoms. The van der Waals surface area contributed by atoms with Crippen LogP contribution in [0, 0.1) is 11.8 Å². The van der Waals surface area contributed by atoms with E-state index in [1.165, 1.54) is 11.3 Å². The first-order valence-corrected chi connectivity index (χ1v) is 5.63. The summed E-state index contributed by atoms with van der Waals surface area (Å²) in [6, 6.07) is 1.78. The van der Waals surface area contributed by atoms with Gasteiger partial charge in [-0.15, -0.1) is 11.3 Å². The van der Waals surface area contributed by atoms with Crippen molar-refractivity contribution in [3.05, 3.63) is 42.9 Å². The SMILES string of the molecule is O=c1[nH][nH]c(=O)n1Cc1cc(C#CCO)cs1. The third-order valence-electron chi connectivity index (χ3n) is 2.05. The monoisotopic (exact) mass is 251 g/mol. The fraction of sp³-hybridized carbons (Fsp3) is 0.200. The van der Waals surface area contributed by atoms with Gasteiger partial charge in [-0.05, 0) is 6.07 Å². The number of hydrogen-bond donors (Lipinski definition) is 3. The van der Waals surface area contributed by atoms with Gasteiger partial charge in [0.2, 0.25) is 0 Å². The molecule has 0 aliphatic heterocycles. The van der Waals surface area contributed by atoms with Crippen molar-refractivity contribution in [2.45, 2.75) is 6.54 Å². The maximum Gasteiger partial charge on any atom is 0.344 e. The molecule has 0 aromatic carbocycles. The highest BCUT2D eigenvalue weighted by atomic mass is 32.1. The highest BCUT2D eigenvalue weighted by Crippen LogP contribution is 2.13. The predicted octanol–water partition coefficient (Wildman–Crippen LogP) is -0.682. The van der Waals surface area contributed by atoms with Gasteiger partial charge < -0.3 is 5.11 Å². The quantitative estimate of drug-likeness (QED) is 0.617. The van der Waals surface area contributed by atoms with E-state index in [4.69, 9.17) is 5.11 Å². The van der Waals surface area contributed by atoms with E-state index in [0.717, 1.165) is 15.0 Å². The molecular weight excluding hydrogens is 242 g/mol. The molecular formula is C10H9N3O3S. The number of nitrogens with zero attached hydrogens (tertiary/aromatic N) is 1. The molecule has 2 aromatic rings. The molecule has 0 bridgehead atoms. The Bertz CT molecular complexity index is 652. The van der Waals surface area contributed by atoms with Gasteiger partial charge in [0.25, 0.3) is 0 Å². The lowest BCUT2D eigenvalue weighted by Crippen LogP contribution is -2.26. The molecule has 3 N–H and O–H groups in total. The molecule has 0 aliphatic rings. The Morgan fingerprint density at radius 3 is 2.71 bits per heavy atom. The number of aliphatic hydroxyl groups excluding tert-OH is 1. The van der Waals surface area contributed by atoms with Crippen LogP contribution in [0.2, 0.25) is 0 Å². The van der Waals surface area contributed by atoms with Gasteiger partial charge in [-0.2, -0.15) is 0 Å². The van der Waals surface area contributed by atoms with Crippen LogP contribution in [-0.4, -0.2) is 26.5 Å². The van der Waals surface area contributed by atoms with Gasteiger partial charge >= 0.3 is 11.4 Å². The molecule has 0 saturated carbocycles. The number of aliphatic hydroxyl groups is 1. The Hall–Kier alpha value is -2.04. The zero-order valence-corrected chi connectivity index (χ0v) is 9.50. The molecule has 0 unspecified atom stereocenters. The van der Waals surface area contributed by atoms with Gasteiger partial charge in [0, 0.05) is 15.8 Å². The van der Waals surface area contributed by atoms with Crippen LogP contribution in [0.25, 0.3) is 0 Å². The third kappa shape index (κ3) is 2.55. The van der Waals surface area contributed by atoms with Gasteiger partial charge in [0.15, 0.2) is 0 Å². The van der Waals surface area contributed by atoms with Crippen LogP contribution in [0.15, 0.2) is 21.0 Å². The molecule has 2 rings (SSSR count). The number of aromatic amines is 2. The van der Waals surface area contributed by atoms with Crippen LogP contribution >= 0.6 is 11.3 Å². The van der Waals surface area contributed by atoms with Crippen LogP contribution < -0.4 is 11.4 Å². The second-order valence-electron chi connectivity index (χ2n) is 3.21. The van der Waals surface area contributed by atoms with Crippen molar-refractivity contribution in [3.8, 4) is 11.8 Å². The van der Waals surface area contributed by atoms with E-state index in [1.807, 2.05) is 5.38 Å². The average molecular weight is 251 g/mol. The van der Waals surface area contributed by atoms with Gasteiger partial charge in [-0.25, -0.2) is 24.4 Å². The Balaban J connectivity index is 2.23. The maximum absolute atomic E-state index is 11.2. The third-order valence-corrected chi connectivity index (χ3v) is 2.97. The minimum atomic E-state index is -0.466. The summed E-state index contributed by atoms with van der Waals surface area (Å²) < 4.78 is 1.06. The average Bonchev–Trinajstić information content (AvgIpc) is 2.88. The molecule has 0 amide bonds. The summed E-state index contributed by atoms with van der Waals surface area (Å²) in [6.07, 6.45) is 0. The van der Waals surface area contributed by atoms with Gasteiger partial charge in [-0.3, -0.25) is 0 Å². The summed E-state index contributed by atoms with van der Waals surface area (Å²) in [4.78, 5) is 23.3. The topological polar surface area (TPSA) is 90.9 Å².